The maximum atomic E-state index is 13.7. The van der Waals surface area contributed by atoms with Crippen LogP contribution >= 0.6 is 0 Å². The SMILES string of the molecule is CCOc1ccccc1NC(=O)C1=C(C)Nc2ncnn2[C@H]1c1cc(OC)c(OC)cc1OC. The monoisotopic (exact) mass is 465 g/mol. The second kappa shape index (κ2) is 9.74. The van der Waals surface area contributed by atoms with E-state index in [-0.39, 0.29) is 5.91 Å². The summed E-state index contributed by atoms with van der Waals surface area (Å²) in [4.78, 5) is 18.0. The van der Waals surface area contributed by atoms with Gasteiger partial charge < -0.3 is 29.6 Å². The molecule has 34 heavy (non-hydrogen) atoms. The fourth-order valence-corrected chi connectivity index (χ4v) is 3.98. The van der Waals surface area contributed by atoms with Crippen LogP contribution in [0.15, 0.2) is 54.0 Å². The van der Waals surface area contributed by atoms with E-state index in [0.717, 1.165) is 0 Å². The molecule has 3 aromatic rings. The summed E-state index contributed by atoms with van der Waals surface area (Å²) in [6.07, 6.45) is 1.43. The minimum absolute atomic E-state index is 0.319. The fourth-order valence-electron chi connectivity index (χ4n) is 3.98. The Morgan fingerprint density at radius 2 is 1.76 bits per heavy atom. The minimum atomic E-state index is -0.646. The molecule has 0 aliphatic carbocycles. The van der Waals surface area contributed by atoms with Crippen LogP contribution in [-0.2, 0) is 4.79 Å². The van der Waals surface area contributed by atoms with Gasteiger partial charge in [-0.1, -0.05) is 12.1 Å². The van der Waals surface area contributed by atoms with Crippen molar-refractivity contribution < 1.29 is 23.7 Å². The summed E-state index contributed by atoms with van der Waals surface area (Å²) in [7, 11) is 4.66. The summed E-state index contributed by atoms with van der Waals surface area (Å²) in [6, 6.07) is 10.2. The van der Waals surface area contributed by atoms with Gasteiger partial charge in [0.25, 0.3) is 5.91 Å². The Kier molecular flexibility index (Phi) is 6.58. The molecule has 0 saturated carbocycles. The number of methoxy groups -OCH3 is 3. The molecule has 1 aliphatic heterocycles. The summed E-state index contributed by atoms with van der Waals surface area (Å²) in [6.45, 7) is 4.19. The number of carbonyl (C=O) groups is 1. The molecule has 0 bridgehead atoms. The molecule has 0 spiro atoms. The van der Waals surface area contributed by atoms with Crippen molar-refractivity contribution in [1.29, 1.82) is 0 Å². The molecule has 1 aliphatic rings. The Morgan fingerprint density at radius 3 is 2.47 bits per heavy atom. The number of rotatable bonds is 8. The number of nitrogens with zero attached hydrogens (tertiary/aromatic N) is 3. The molecule has 2 heterocycles. The quantitative estimate of drug-likeness (QED) is 0.519. The van der Waals surface area contributed by atoms with Gasteiger partial charge in [-0.25, -0.2) is 4.68 Å². The summed E-state index contributed by atoms with van der Waals surface area (Å²) >= 11 is 0. The van der Waals surface area contributed by atoms with Crippen LogP contribution in [0, 0.1) is 0 Å². The number of aromatic nitrogens is 3. The molecule has 10 nitrogen and oxygen atoms in total. The van der Waals surface area contributed by atoms with Crippen molar-refractivity contribution in [3.8, 4) is 23.0 Å². The number of anilines is 2. The van der Waals surface area contributed by atoms with Gasteiger partial charge in [-0.2, -0.15) is 10.1 Å². The maximum absolute atomic E-state index is 13.7. The molecule has 178 valence electrons. The molecule has 0 fully saturated rings. The van der Waals surface area contributed by atoms with Crippen molar-refractivity contribution in [3.63, 3.8) is 0 Å². The third-order valence-corrected chi connectivity index (χ3v) is 5.50. The lowest BCUT2D eigenvalue weighted by molar-refractivity contribution is -0.113. The highest BCUT2D eigenvalue weighted by molar-refractivity contribution is 6.06. The zero-order valence-electron chi connectivity index (χ0n) is 19.7. The summed E-state index contributed by atoms with van der Waals surface area (Å²) in [5.41, 5.74) is 2.30. The Morgan fingerprint density at radius 1 is 1.06 bits per heavy atom. The van der Waals surface area contributed by atoms with E-state index in [4.69, 9.17) is 18.9 Å². The zero-order valence-corrected chi connectivity index (χ0v) is 19.7. The average molecular weight is 466 g/mol. The van der Waals surface area contributed by atoms with E-state index >= 15 is 0 Å². The van der Waals surface area contributed by atoms with Gasteiger partial charge in [0.1, 0.15) is 23.9 Å². The number of benzene rings is 2. The lowest BCUT2D eigenvalue weighted by Gasteiger charge is -2.30. The standard InChI is InChI=1S/C24H27N5O5/c1-6-34-17-10-8-7-9-16(17)28-23(30)21-14(2)27-24-25-13-26-29(24)22(21)15-11-19(32-4)20(33-5)12-18(15)31-3/h7-13,22H,6H2,1-5H3,(H,28,30)(H,25,26,27)/t22-/m0/s1. The molecule has 0 unspecified atom stereocenters. The van der Waals surface area contributed by atoms with Gasteiger partial charge >= 0.3 is 0 Å². The van der Waals surface area contributed by atoms with Crippen LogP contribution in [0.2, 0.25) is 0 Å². The topological polar surface area (TPSA) is 109 Å². The first-order valence-corrected chi connectivity index (χ1v) is 10.7. The van der Waals surface area contributed by atoms with Crippen molar-refractivity contribution in [3.05, 3.63) is 59.6 Å². The van der Waals surface area contributed by atoms with Crippen molar-refractivity contribution in [1.82, 2.24) is 14.8 Å². The number of nitrogens with one attached hydrogen (secondary N) is 2. The molecule has 0 radical (unpaired) electrons. The van der Waals surface area contributed by atoms with Crippen LogP contribution < -0.4 is 29.6 Å². The number of amides is 1. The molecule has 0 saturated heterocycles. The first-order valence-electron chi connectivity index (χ1n) is 10.7. The van der Waals surface area contributed by atoms with Gasteiger partial charge in [0.2, 0.25) is 5.95 Å². The Bertz CT molecular complexity index is 1240. The first kappa shape index (κ1) is 23.0. The summed E-state index contributed by atoms with van der Waals surface area (Å²) < 4.78 is 23.9. The van der Waals surface area contributed by atoms with Gasteiger partial charge in [0, 0.05) is 17.3 Å². The third kappa shape index (κ3) is 4.09. The van der Waals surface area contributed by atoms with Crippen molar-refractivity contribution in [2.45, 2.75) is 19.9 Å². The van der Waals surface area contributed by atoms with Crippen LogP contribution in [0.1, 0.15) is 25.5 Å². The lowest BCUT2D eigenvalue weighted by atomic mass is 9.93. The highest BCUT2D eigenvalue weighted by Gasteiger charge is 2.36. The predicted octanol–water partition coefficient (Wildman–Crippen LogP) is 3.63. The molecule has 2 aromatic carbocycles. The van der Waals surface area contributed by atoms with Gasteiger partial charge in [-0.05, 0) is 32.0 Å². The normalized spacial score (nSPS) is 14.7. The number of hydrogen-bond donors (Lipinski definition) is 2. The number of hydrogen-bond acceptors (Lipinski definition) is 8. The second-order valence-electron chi connectivity index (χ2n) is 7.43. The van der Waals surface area contributed by atoms with Crippen LogP contribution in [0.5, 0.6) is 23.0 Å². The predicted molar refractivity (Wildman–Crippen MR) is 127 cm³/mol. The zero-order chi connectivity index (χ0) is 24.2. The number of fused-ring (bicyclic) bond motifs is 1. The maximum Gasteiger partial charge on any atom is 0.255 e. The van der Waals surface area contributed by atoms with Gasteiger partial charge in [0.15, 0.2) is 11.5 Å². The summed E-state index contributed by atoms with van der Waals surface area (Å²) in [5.74, 6) is 2.29. The number of ether oxygens (including phenoxy) is 4. The highest BCUT2D eigenvalue weighted by Crippen LogP contribution is 2.44. The first-order chi connectivity index (χ1) is 16.5. The van der Waals surface area contributed by atoms with E-state index in [0.29, 0.717) is 58.1 Å². The van der Waals surface area contributed by atoms with Crippen LogP contribution in [0.4, 0.5) is 11.6 Å². The van der Waals surface area contributed by atoms with Crippen LogP contribution in [0.3, 0.4) is 0 Å². The van der Waals surface area contributed by atoms with E-state index in [2.05, 4.69) is 20.7 Å². The molecule has 4 rings (SSSR count). The van der Waals surface area contributed by atoms with Gasteiger partial charge in [-0.15, -0.1) is 0 Å². The van der Waals surface area contributed by atoms with E-state index in [9.17, 15) is 4.79 Å². The average Bonchev–Trinajstić information content (AvgIpc) is 3.31. The summed E-state index contributed by atoms with van der Waals surface area (Å²) in [5, 5.41) is 10.5. The fraction of sp³-hybridized carbons (Fsp3) is 0.292. The molecule has 1 atom stereocenters. The number of para-hydroxylation sites is 2. The Labute approximate surface area is 197 Å². The largest absolute Gasteiger partial charge is 0.496 e. The molecular formula is C24H27N5O5. The van der Waals surface area contributed by atoms with E-state index in [1.165, 1.54) is 6.33 Å². The lowest BCUT2D eigenvalue weighted by Crippen LogP contribution is -2.32. The van der Waals surface area contributed by atoms with Crippen LogP contribution in [-0.4, -0.2) is 48.6 Å². The van der Waals surface area contributed by atoms with Gasteiger partial charge in [0.05, 0.1) is 39.2 Å². The molecule has 10 heteroatoms. The van der Waals surface area contributed by atoms with E-state index < -0.39 is 6.04 Å². The smallest absolute Gasteiger partial charge is 0.255 e. The number of carbonyl (C=O) groups excluding carboxylic acids is 1. The third-order valence-electron chi connectivity index (χ3n) is 5.50. The van der Waals surface area contributed by atoms with E-state index in [1.54, 1.807) is 44.2 Å². The molecule has 1 aromatic heterocycles. The highest BCUT2D eigenvalue weighted by atomic mass is 16.5. The van der Waals surface area contributed by atoms with Crippen LogP contribution in [0.25, 0.3) is 0 Å². The van der Waals surface area contributed by atoms with Crippen molar-refractivity contribution in [2.24, 2.45) is 0 Å². The second-order valence-corrected chi connectivity index (χ2v) is 7.43. The Balaban J connectivity index is 1.84. The number of allylic oxidation sites excluding steroid dienone is 1. The molecule has 1 amide bonds. The van der Waals surface area contributed by atoms with Crippen molar-refractivity contribution in [2.75, 3.05) is 38.6 Å². The van der Waals surface area contributed by atoms with E-state index in [1.807, 2.05) is 32.0 Å². The Hall–Kier alpha value is -4.21. The van der Waals surface area contributed by atoms with Crippen molar-refractivity contribution >= 4 is 17.5 Å². The molecular weight excluding hydrogens is 438 g/mol. The molecule has 2 N–H and O–H groups in total. The van der Waals surface area contributed by atoms with Gasteiger partial charge in [-0.3, -0.25) is 4.79 Å². The minimum Gasteiger partial charge on any atom is -0.496 e.